The van der Waals surface area contributed by atoms with Gasteiger partial charge in [0.15, 0.2) is 0 Å². The first-order chi connectivity index (χ1) is 5.93. The molecule has 1 radical (unpaired) electrons. The van der Waals surface area contributed by atoms with Crippen LogP contribution >= 0.6 is 0 Å². The topological polar surface area (TPSA) is 12.9 Å². The molecule has 0 unspecified atom stereocenters. The van der Waals surface area contributed by atoms with Crippen molar-refractivity contribution in [3.63, 3.8) is 0 Å². The molecule has 0 bridgehead atoms. The normalized spacial score (nSPS) is 10.3. The average molecular weight is 158 g/mol. The van der Waals surface area contributed by atoms with E-state index in [1.165, 1.54) is 0 Å². The third-order valence-corrected chi connectivity index (χ3v) is 1.45. The van der Waals surface area contributed by atoms with Crippen LogP contribution in [0, 0.1) is 6.08 Å². The Hall–Kier alpha value is -1.37. The van der Waals surface area contributed by atoms with Crippen molar-refractivity contribution < 1.29 is 0 Å². The van der Waals surface area contributed by atoms with Gasteiger partial charge >= 0.3 is 0 Å². The highest BCUT2D eigenvalue weighted by atomic mass is 14.6. The summed E-state index contributed by atoms with van der Waals surface area (Å²) in [7, 11) is 0. The summed E-state index contributed by atoms with van der Waals surface area (Å²) >= 11 is 0. The Labute approximate surface area is 73.5 Å². The molecule has 1 nitrogen and oxygen atoms in total. The summed E-state index contributed by atoms with van der Waals surface area (Å²) in [5.74, 6) is 0. The maximum Gasteiger partial charge on any atom is 0.0346 e. The maximum atomic E-state index is 3.98. The van der Waals surface area contributed by atoms with Crippen LogP contribution in [0.4, 0.5) is 0 Å². The fraction of sp³-hybridized carbons (Fsp3) is 0.182. The lowest BCUT2D eigenvalue weighted by Crippen LogP contribution is -1.75. The Kier molecular flexibility index (Phi) is 3.86. The number of rotatable bonds is 4. The van der Waals surface area contributed by atoms with Crippen LogP contribution in [-0.4, -0.2) is 4.98 Å². The lowest BCUT2D eigenvalue weighted by Gasteiger charge is -1.88. The molecule has 1 heteroatoms. The zero-order chi connectivity index (χ0) is 8.65. The van der Waals surface area contributed by atoms with E-state index in [-0.39, 0.29) is 0 Å². The molecule has 0 N–H and O–H groups in total. The second kappa shape index (κ2) is 5.30. The van der Waals surface area contributed by atoms with E-state index in [9.17, 15) is 0 Å². The number of hydrogen-bond donors (Lipinski definition) is 0. The van der Waals surface area contributed by atoms with E-state index in [0.717, 1.165) is 18.4 Å². The van der Waals surface area contributed by atoms with E-state index in [2.05, 4.69) is 17.6 Å². The predicted octanol–water partition coefficient (Wildman–Crippen LogP) is 2.76. The van der Waals surface area contributed by atoms with Gasteiger partial charge in [-0.25, -0.2) is 0 Å². The van der Waals surface area contributed by atoms with Crippen molar-refractivity contribution >= 4 is 0 Å². The standard InChI is InChI=1S/C11H12N/c1-2-3-4-5-7-11-8-6-9-12-10-11/h2,5-6,8-10H,1,3-4H2. The van der Waals surface area contributed by atoms with Gasteiger partial charge in [0.2, 0.25) is 0 Å². The molecule has 1 aromatic rings. The second-order valence-corrected chi connectivity index (χ2v) is 2.46. The minimum atomic E-state index is 0.998. The number of aromatic nitrogens is 1. The third-order valence-electron chi connectivity index (χ3n) is 1.45. The fourth-order valence-corrected chi connectivity index (χ4v) is 0.839. The number of allylic oxidation sites excluding steroid dienone is 2. The molecule has 0 saturated carbocycles. The number of nitrogens with zero attached hydrogens (tertiary/aromatic N) is 1. The number of pyridine rings is 1. The summed E-state index contributed by atoms with van der Waals surface area (Å²) in [5, 5.41) is 0. The average Bonchev–Trinajstić information content (AvgIpc) is 2.14. The zero-order valence-electron chi connectivity index (χ0n) is 7.03. The molecule has 0 spiro atoms. The maximum absolute atomic E-state index is 3.98. The first kappa shape index (κ1) is 8.72. The van der Waals surface area contributed by atoms with Crippen molar-refractivity contribution in [1.29, 1.82) is 0 Å². The number of hydrogen-bond acceptors (Lipinski definition) is 1. The van der Waals surface area contributed by atoms with Gasteiger partial charge < -0.3 is 0 Å². The van der Waals surface area contributed by atoms with Crippen LogP contribution < -0.4 is 0 Å². The van der Waals surface area contributed by atoms with Crippen molar-refractivity contribution in [2.45, 2.75) is 12.8 Å². The molecule has 0 fully saturated rings. The monoisotopic (exact) mass is 158 g/mol. The Bertz CT molecular complexity index is 249. The SMILES string of the molecule is C=CCC/C=[C]\c1cccnc1. The molecular formula is C11H12N. The van der Waals surface area contributed by atoms with Gasteiger partial charge in [0.05, 0.1) is 0 Å². The van der Waals surface area contributed by atoms with Crippen molar-refractivity contribution in [2.75, 3.05) is 0 Å². The number of unbranched alkanes of at least 4 members (excludes halogenated alkanes) is 1. The molecule has 1 rings (SSSR count). The van der Waals surface area contributed by atoms with Crippen LogP contribution in [0.3, 0.4) is 0 Å². The molecular weight excluding hydrogens is 146 g/mol. The molecule has 1 heterocycles. The molecule has 12 heavy (non-hydrogen) atoms. The predicted molar refractivity (Wildman–Crippen MR) is 50.6 cm³/mol. The van der Waals surface area contributed by atoms with Crippen LogP contribution in [0.25, 0.3) is 0 Å². The molecule has 0 aliphatic heterocycles. The van der Waals surface area contributed by atoms with Gasteiger partial charge in [-0.3, -0.25) is 4.98 Å². The Morgan fingerprint density at radius 2 is 2.42 bits per heavy atom. The summed E-state index contributed by atoms with van der Waals surface area (Å²) in [4.78, 5) is 3.98. The first-order valence-electron chi connectivity index (χ1n) is 4.02. The van der Waals surface area contributed by atoms with E-state index in [1.54, 1.807) is 12.4 Å². The highest BCUT2D eigenvalue weighted by Crippen LogP contribution is 1.98. The van der Waals surface area contributed by atoms with Gasteiger partial charge in [-0.05, 0) is 25.0 Å². The molecule has 0 aromatic carbocycles. The Morgan fingerprint density at radius 1 is 1.50 bits per heavy atom. The zero-order valence-corrected chi connectivity index (χ0v) is 7.03. The molecule has 0 aliphatic rings. The fourth-order valence-electron chi connectivity index (χ4n) is 0.839. The highest BCUT2D eigenvalue weighted by molar-refractivity contribution is 5.16. The summed E-state index contributed by atoms with van der Waals surface area (Å²) in [6.07, 6.45) is 12.6. The van der Waals surface area contributed by atoms with Gasteiger partial charge in [0.1, 0.15) is 0 Å². The van der Waals surface area contributed by atoms with E-state index in [0.29, 0.717) is 0 Å². The quantitative estimate of drug-likeness (QED) is 0.485. The Balaban J connectivity index is 2.41. The van der Waals surface area contributed by atoms with Crippen LogP contribution in [0.15, 0.2) is 43.3 Å². The van der Waals surface area contributed by atoms with Crippen molar-refractivity contribution in [3.05, 3.63) is 54.9 Å². The summed E-state index contributed by atoms with van der Waals surface area (Å²) in [6, 6.07) is 3.89. The summed E-state index contributed by atoms with van der Waals surface area (Å²) < 4.78 is 0. The van der Waals surface area contributed by atoms with Gasteiger partial charge in [0.25, 0.3) is 0 Å². The van der Waals surface area contributed by atoms with E-state index in [4.69, 9.17) is 0 Å². The summed E-state index contributed by atoms with van der Waals surface area (Å²) in [5.41, 5.74) is 1.03. The first-order valence-corrected chi connectivity index (χ1v) is 4.02. The Morgan fingerprint density at radius 3 is 3.08 bits per heavy atom. The lowest BCUT2D eigenvalue weighted by molar-refractivity contribution is 1.05. The minimum Gasteiger partial charge on any atom is -0.264 e. The highest BCUT2D eigenvalue weighted by Gasteiger charge is 1.82. The molecule has 0 aliphatic carbocycles. The van der Waals surface area contributed by atoms with E-state index in [1.807, 2.05) is 24.3 Å². The molecule has 1 aromatic heterocycles. The lowest BCUT2D eigenvalue weighted by atomic mass is 10.2. The van der Waals surface area contributed by atoms with Gasteiger partial charge in [-0.1, -0.05) is 18.2 Å². The van der Waals surface area contributed by atoms with Crippen molar-refractivity contribution in [3.8, 4) is 0 Å². The molecule has 0 atom stereocenters. The van der Waals surface area contributed by atoms with Crippen LogP contribution in [0.2, 0.25) is 0 Å². The van der Waals surface area contributed by atoms with Crippen LogP contribution in [0.5, 0.6) is 0 Å². The third kappa shape index (κ3) is 3.15. The van der Waals surface area contributed by atoms with E-state index < -0.39 is 0 Å². The molecule has 0 saturated heterocycles. The van der Waals surface area contributed by atoms with E-state index >= 15 is 0 Å². The largest absolute Gasteiger partial charge is 0.264 e. The minimum absolute atomic E-state index is 0.998. The van der Waals surface area contributed by atoms with Crippen LogP contribution in [0.1, 0.15) is 18.4 Å². The molecule has 0 amide bonds. The second-order valence-electron chi connectivity index (χ2n) is 2.46. The molecule has 61 valence electrons. The van der Waals surface area contributed by atoms with Gasteiger partial charge in [-0.2, -0.15) is 0 Å². The summed E-state index contributed by atoms with van der Waals surface area (Å²) in [6.45, 7) is 3.65. The van der Waals surface area contributed by atoms with Crippen LogP contribution in [-0.2, 0) is 0 Å². The van der Waals surface area contributed by atoms with Gasteiger partial charge in [-0.15, -0.1) is 6.58 Å². The van der Waals surface area contributed by atoms with Crippen molar-refractivity contribution in [2.24, 2.45) is 0 Å². The van der Waals surface area contributed by atoms with Crippen molar-refractivity contribution in [1.82, 2.24) is 4.98 Å². The van der Waals surface area contributed by atoms with Gasteiger partial charge in [0, 0.05) is 18.0 Å². The smallest absolute Gasteiger partial charge is 0.0346 e.